The van der Waals surface area contributed by atoms with Gasteiger partial charge >= 0.3 is 0 Å². The van der Waals surface area contributed by atoms with Crippen LogP contribution in [0.5, 0.6) is 0 Å². The van der Waals surface area contributed by atoms with E-state index >= 15 is 0 Å². The first kappa shape index (κ1) is 9.26. The number of allylic oxidation sites excluding steroid dienone is 1. The van der Waals surface area contributed by atoms with Gasteiger partial charge in [-0.1, -0.05) is 25.0 Å². The van der Waals surface area contributed by atoms with E-state index in [1.807, 2.05) is 0 Å². The zero-order valence-electron chi connectivity index (χ0n) is 8.68. The van der Waals surface area contributed by atoms with Crippen molar-refractivity contribution in [1.82, 2.24) is 0 Å². The molecule has 2 N–H and O–H groups in total. The highest BCUT2D eigenvalue weighted by atomic mass is 14.7. The summed E-state index contributed by atoms with van der Waals surface area (Å²) in [5.41, 5.74) is 8.09. The standard InChI is InChI=1S/C12H21N/c1-2-10-8-12(10,9-13)11-6-4-3-5-7-11/h6,10H,2-5,7-9,13H2,1H3. The van der Waals surface area contributed by atoms with Crippen molar-refractivity contribution in [1.29, 1.82) is 0 Å². The Morgan fingerprint density at radius 2 is 2.38 bits per heavy atom. The second kappa shape index (κ2) is 3.45. The lowest BCUT2D eigenvalue weighted by atomic mass is 9.84. The number of hydrogen-bond acceptors (Lipinski definition) is 1. The Labute approximate surface area is 81.4 Å². The van der Waals surface area contributed by atoms with Crippen molar-refractivity contribution in [2.24, 2.45) is 17.1 Å². The lowest BCUT2D eigenvalue weighted by Gasteiger charge is -2.22. The molecule has 0 saturated heterocycles. The van der Waals surface area contributed by atoms with Crippen LogP contribution in [0.2, 0.25) is 0 Å². The Kier molecular flexibility index (Phi) is 2.46. The quantitative estimate of drug-likeness (QED) is 0.662. The molecule has 1 fully saturated rings. The summed E-state index contributed by atoms with van der Waals surface area (Å²) < 4.78 is 0. The minimum absolute atomic E-state index is 0.467. The van der Waals surface area contributed by atoms with Crippen LogP contribution in [0.15, 0.2) is 11.6 Å². The third-order valence-corrected chi connectivity index (χ3v) is 4.02. The zero-order chi connectivity index (χ0) is 9.31. The zero-order valence-corrected chi connectivity index (χ0v) is 8.68. The van der Waals surface area contributed by atoms with Gasteiger partial charge in [-0.15, -0.1) is 0 Å². The molecule has 0 aromatic carbocycles. The van der Waals surface area contributed by atoms with E-state index in [0.717, 1.165) is 12.5 Å². The smallest absolute Gasteiger partial charge is 0.00658 e. The summed E-state index contributed by atoms with van der Waals surface area (Å²) >= 11 is 0. The van der Waals surface area contributed by atoms with E-state index in [2.05, 4.69) is 13.0 Å². The molecule has 2 atom stereocenters. The van der Waals surface area contributed by atoms with Gasteiger partial charge in [-0.25, -0.2) is 0 Å². The van der Waals surface area contributed by atoms with Crippen LogP contribution in [0.1, 0.15) is 45.4 Å². The summed E-state index contributed by atoms with van der Waals surface area (Å²) in [6.07, 6.45) is 10.6. The van der Waals surface area contributed by atoms with Gasteiger partial charge in [0.15, 0.2) is 0 Å². The highest BCUT2D eigenvalue weighted by Gasteiger charge is 2.53. The minimum Gasteiger partial charge on any atom is -0.330 e. The largest absolute Gasteiger partial charge is 0.330 e. The maximum absolute atomic E-state index is 5.92. The third kappa shape index (κ3) is 1.43. The van der Waals surface area contributed by atoms with E-state index in [-0.39, 0.29) is 0 Å². The van der Waals surface area contributed by atoms with Crippen LogP contribution in [0.25, 0.3) is 0 Å². The molecule has 0 spiro atoms. The number of hydrogen-bond donors (Lipinski definition) is 1. The molecular formula is C12H21N. The average Bonchev–Trinajstić information content (AvgIpc) is 2.94. The van der Waals surface area contributed by atoms with Crippen molar-refractivity contribution in [2.45, 2.75) is 45.4 Å². The summed E-state index contributed by atoms with van der Waals surface area (Å²) in [6, 6.07) is 0. The molecule has 0 aromatic heterocycles. The van der Waals surface area contributed by atoms with Gasteiger partial charge in [0.25, 0.3) is 0 Å². The minimum atomic E-state index is 0.467. The summed E-state index contributed by atoms with van der Waals surface area (Å²) in [7, 11) is 0. The lowest BCUT2D eigenvalue weighted by Crippen LogP contribution is -2.21. The first-order valence-electron chi connectivity index (χ1n) is 5.73. The van der Waals surface area contributed by atoms with Gasteiger partial charge < -0.3 is 5.73 Å². The SMILES string of the molecule is CCC1CC1(CN)C1=CCCCC1. The Morgan fingerprint density at radius 1 is 1.54 bits per heavy atom. The number of rotatable bonds is 3. The van der Waals surface area contributed by atoms with Gasteiger partial charge in [0.1, 0.15) is 0 Å². The molecule has 0 bridgehead atoms. The van der Waals surface area contributed by atoms with Crippen molar-refractivity contribution in [3.05, 3.63) is 11.6 Å². The molecule has 1 heteroatoms. The van der Waals surface area contributed by atoms with Crippen molar-refractivity contribution in [2.75, 3.05) is 6.54 Å². The summed E-state index contributed by atoms with van der Waals surface area (Å²) in [4.78, 5) is 0. The van der Waals surface area contributed by atoms with Crippen LogP contribution in [0, 0.1) is 11.3 Å². The van der Waals surface area contributed by atoms with Gasteiger partial charge in [0, 0.05) is 12.0 Å². The van der Waals surface area contributed by atoms with Crippen LogP contribution in [-0.4, -0.2) is 6.54 Å². The highest BCUT2D eigenvalue weighted by Crippen LogP contribution is 2.60. The van der Waals surface area contributed by atoms with E-state index in [9.17, 15) is 0 Å². The molecule has 2 rings (SSSR count). The highest BCUT2D eigenvalue weighted by molar-refractivity contribution is 5.27. The van der Waals surface area contributed by atoms with Crippen LogP contribution in [-0.2, 0) is 0 Å². The molecule has 1 nitrogen and oxygen atoms in total. The van der Waals surface area contributed by atoms with E-state index in [1.165, 1.54) is 38.5 Å². The van der Waals surface area contributed by atoms with E-state index in [0.29, 0.717) is 5.41 Å². The van der Waals surface area contributed by atoms with Crippen LogP contribution in [0.3, 0.4) is 0 Å². The normalized spacial score (nSPS) is 38.6. The van der Waals surface area contributed by atoms with Crippen molar-refractivity contribution in [3.63, 3.8) is 0 Å². The molecule has 74 valence electrons. The van der Waals surface area contributed by atoms with Gasteiger partial charge in [0.05, 0.1) is 0 Å². The topological polar surface area (TPSA) is 26.0 Å². The Hall–Kier alpha value is -0.300. The Bertz CT molecular complexity index is 219. The molecular weight excluding hydrogens is 158 g/mol. The van der Waals surface area contributed by atoms with E-state index in [1.54, 1.807) is 5.57 Å². The van der Waals surface area contributed by atoms with Crippen molar-refractivity contribution in [3.8, 4) is 0 Å². The monoisotopic (exact) mass is 179 g/mol. The third-order valence-electron chi connectivity index (χ3n) is 4.02. The Morgan fingerprint density at radius 3 is 2.85 bits per heavy atom. The van der Waals surface area contributed by atoms with Crippen molar-refractivity contribution >= 4 is 0 Å². The molecule has 0 heterocycles. The lowest BCUT2D eigenvalue weighted by molar-refractivity contribution is 0.492. The van der Waals surface area contributed by atoms with Gasteiger partial charge in [-0.05, 0) is 38.0 Å². The predicted molar refractivity (Wildman–Crippen MR) is 56.4 cm³/mol. The van der Waals surface area contributed by atoms with Crippen LogP contribution in [0.4, 0.5) is 0 Å². The second-order valence-corrected chi connectivity index (χ2v) is 4.64. The van der Waals surface area contributed by atoms with Crippen molar-refractivity contribution < 1.29 is 0 Å². The summed E-state index contributed by atoms with van der Waals surface area (Å²) in [5.74, 6) is 0.904. The first-order chi connectivity index (χ1) is 6.33. The second-order valence-electron chi connectivity index (χ2n) is 4.64. The molecule has 13 heavy (non-hydrogen) atoms. The molecule has 0 aliphatic heterocycles. The fourth-order valence-corrected chi connectivity index (χ4v) is 2.98. The van der Waals surface area contributed by atoms with Crippen LogP contribution >= 0.6 is 0 Å². The molecule has 0 radical (unpaired) electrons. The Balaban J connectivity index is 2.09. The van der Waals surface area contributed by atoms with Crippen LogP contribution < -0.4 is 5.73 Å². The number of nitrogens with two attached hydrogens (primary N) is 1. The fourth-order valence-electron chi connectivity index (χ4n) is 2.98. The summed E-state index contributed by atoms with van der Waals surface area (Å²) in [6.45, 7) is 3.18. The predicted octanol–water partition coefficient (Wildman–Crippen LogP) is 2.86. The molecule has 2 aliphatic carbocycles. The average molecular weight is 179 g/mol. The maximum atomic E-state index is 5.92. The molecule has 0 aromatic rings. The first-order valence-corrected chi connectivity index (χ1v) is 5.73. The van der Waals surface area contributed by atoms with E-state index < -0.39 is 0 Å². The molecule has 2 unspecified atom stereocenters. The fraction of sp³-hybridized carbons (Fsp3) is 0.833. The van der Waals surface area contributed by atoms with Gasteiger partial charge in [-0.2, -0.15) is 0 Å². The molecule has 1 saturated carbocycles. The molecule has 0 amide bonds. The van der Waals surface area contributed by atoms with Gasteiger partial charge in [0.2, 0.25) is 0 Å². The van der Waals surface area contributed by atoms with Gasteiger partial charge in [-0.3, -0.25) is 0 Å². The molecule has 2 aliphatic rings. The van der Waals surface area contributed by atoms with E-state index in [4.69, 9.17) is 5.73 Å². The maximum Gasteiger partial charge on any atom is 0.00658 e. The summed E-state index contributed by atoms with van der Waals surface area (Å²) in [5, 5.41) is 0.